The van der Waals surface area contributed by atoms with Crippen LogP contribution in [0.2, 0.25) is 5.02 Å². The first-order valence-electron chi connectivity index (χ1n) is 9.77. The molecule has 0 aliphatic rings. The van der Waals surface area contributed by atoms with Gasteiger partial charge in [0, 0.05) is 6.21 Å². The van der Waals surface area contributed by atoms with Crippen molar-refractivity contribution in [1.82, 2.24) is 9.55 Å². The number of ether oxygens (including phenoxy) is 1. The lowest BCUT2D eigenvalue weighted by molar-refractivity contribution is 0.306. The molecular formula is C24H17ClFN3O3S. The fourth-order valence-electron chi connectivity index (χ4n) is 3.03. The highest BCUT2D eigenvalue weighted by Gasteiger charge is 2.14. The minimum atomic E-state index is -0.617. The van der Waals surface area contributed by atoms with E-state index in [0.717, 1.165) is 11.6 Å². The molecule has 0 saturated heterocycles. The number of rotatable bonds is 6. The second-order valence-electron chi connectivity index (χ2n) is 6.96. The van der Waals surface area contributed by atoms with Crippen molar-refractivity contribution in [3.05, 3.63) is 110 Å². The Labute approximate surface area is 198 Å². The summed E-state index contributed by atoms with van der Waals surface area (Å²) in [6.07, 6.45) is 1.23. The minimum Gasteiger partial charge on any atom is -0.494 e. The van der Waals surface area contributed by atoms with Gasteiger partial charge in [-0.2, -0.15) is 0 Å². The average molecular weight is 482 g/mol. The molecule has 0 amide bonds. The first-order valence-corrected chi connectivity index (χ1v) is 10.6. The molecule has 33 heavy (non-hydrogen) atoms. The van der Waals surface area contributed by atoms with Gasteiger partial charge in [0.25, 0.3) is 5.56 Å². The normalized spacial score (nSPS) is 11.1. The van der Waals surface area contributed by atoms with Gasteiger partial charge in [0.15, 0.2) is 4.77 Å². The van der Waals surface area contributed by atoms with E-state index in [-0.39, 0.29) is 21.0 Å². The standard InChI is InChI=1S/C24H17ClFN3O3S/c25-20-12-17(8-11-21(20)26)29-23(31)19(22(30)28-24(29)33)13-27-16-6-9-18(10-7-16)32-14-15-4-2-1-3-5-15/h1-13,31H,14H2,(H,28,30,33). The van der Waals surface area contributed by atoms with Crippen molar-refractivity contribution in [1.29, 1.82) is 0 Å². The maximum atomic E-state index is 13.5. The van der Waals surface area contributed by atoms with E-state index >= 15 is 0 Å². The van der Waals surface area contributed by atoms with Crippen LogP contribution < -0.4 is 10.3 Å². The number of benzene rings is 3. The van der Waals surface area contributed by atoms with Crippen LogP contribution in [-0.2, 0) is 6.61 Å². The van der Waals surface area contributed by atoms with E-state index in [1.165, 1.54) is 22.9 Å². The van der Waals surface area contributed by atoms with Crippen LogP contribution in [0.1, 0.15) is 11.1 Å². The Morgan fingerprint density at radius 2 is 1.85 bits per heavy atom. The van der Waals surface area contributed by atoms with E-state index < -0.39 is 17.3 Å². The lowest BCUT2D eigenvalue weighted by Crippen LogP contribution is -2.18. The quantitative estimate of drug-likeness (QED) is 0.272. The Bertz CT molecular complexity index is 1430. The Kier molecular flexibility index (Phi) is 6.67. The van der Waals surface area contributed by atoms with Gasteiger partial charge in [-0.15, -0.1) is 0 Å². The topological polar surface area (TPSA) is 79.6 Å². The molecule has 166 valence electrons. The van der Waals surface area contributed by atoms with Gasteiger partial charge in [-0.3, -0.25) is 19.3 Å². The summed E-state index contributed by atoms with van der Waals surface area (Å²) in [7, 11) is 0. The summed E-state index contributed by atoms with van der Waals surface area (Å²) >= 11 is 11.0. The smallest absolute Gasteiger partial charge is 0.264 e. The highest BCUT2D eigenvalue weighted by atomic mass is 35.5. The molecule has 0 spiro atoms. The number of nitrogens with one attached hydrogen (secondary N) is 1. The number of aromatic hydroxyl groups is 1. The summed E-state index contributed by atoms with van der Waals surface area (Å²) < 4.78 is 20.4. The molecule has 4 aromatic rings. The van der Waals surface area contributed by atoms with Gasteiger partial charge in [0.2, 0.25) is 5.88 Å². The Morgan fingerprint density at radius 3 is 2.55 bits per heavy atom. The molecule has 4 rings (SSSR count). The number of hydrogen-bond acceptors (Lipinski definition) is 5. The van der Waals surface area contributed by atoms with Crippen molar-refractivity contribution >= 4 is 35.7 Å². The molecule has 6 nitrogen and oxygen atoms in total. The Balaban J connectivity index is 1.57. The number of hydrogen-bond donors (Lipinski definition) is 2. The molecule has 1 aromatic heterocycles. The van der Waals surface area contributed by atoms with Gasteiger partial charge >= 0.3 is 0 Å². The zero-order valence-corrected chi connectivity index (χ0v) is 18.6. The first kappa shape index (κ1) is 22.4. The number of halogens is 2. The van der Waals surface area contributed by atoms with Gasteiger partial charge in [0.1, 0.15) is 23.7 Å². The third-order valence-electron chi connectivity index (χ3n) is 4.71. The zero-order chi connectivity index (χ0) is 23.4. The summed E-state index contributed by atoms with van der Waals surface area (Å²) in [4.78, 5) is 19.1. The highest BCUT2D eigenvalue weighted by Crippen LogP contribution is 2.24. The fourth-order valence-corrected chi connectivity index (χ4v) is 3.49. The van der Waals surface area contributed by atoms with Crippen molar-refractivity contribution in [2.75, 3.05) is 0 Å². The van der Waals surface area contributed by atoms with Crippen molar-refractivity contribution in [3.63, 3.8) is 0 Å². The van der Waals surface area contributed by atoms with Crippen LogP contribution in [0.5, 0.6) is 11.6 Å². The van der Waals surface area contributed by atoms with E-state index in [1.807, 2.05) is 30.3 Å². The molecule has 0 radical (unpaired) electrons. The molecule has 0 bridgehead atoms. The second-order valence-corrected chi connectivity index (χ2v) is 7.75. The van der Waals surface area contributed by atoms with Crippen molar-refractivity contribution in [2.24, 2.45) is 4.99 Å². The number of aromatic amines is 1. The van der Waals surface area contributed by atoms with Crippen molar-refractivity contribution in [2.45, 2.75) is 6.61 Å². The molecule has 3 aromatic carbocycles. The zero-order valence-electron chi connectivity index (χ0n) is 17.0. The highest BCUT2D eigenvalue weighted by molar-refractivity contribution is 7.71. The molecule has 0 aliphatic carbocycles. The van der Waals surface area contributed by atoms with Crippen LogP contribution in [0.4, 0.5) is 10.1 Å². The number of nitrogens with zero attached hydrogens (tertiary/aromatic N) is 2. The largest absolute Gasteiger partial charge is 0.494 e. The molecule has 0 atom stereocenters. The van der Waals surface area contributed by atoms with Crippen LogP contribution >= 0.6 is 23.8 Å². The van der Waals surface area contributed by atoms with Gasteiger partial charge in [-0.05, 0) is 60.2 Å². The molecule has 0 aliphatic heterocycles. The monoisotopic (exact) mass is 481 g/mol. The number of aromatic nitrogens is 2. The van der Waals surface area contributed by atoms with Crippen molar-refractivity contribution in [3.8, 4) is 17.3 Å². The van der Waals surface area contributed by atoms with Crippen LogP contribution in [0.25, 0.3) is 5.69 Å². The van der Waals surface area contributed by atoms with E-state index in [0.29, 0.717) is 18.0 Å². The summed E-state index contributed by atoms with van der Waals surface area (Å²) in [6.45, 7) is 0.438. The molecule has 1 heterocycles. The van der Waals surface area contributed by atoms with Crippen LogP contribution in [-0.4, -0.2) is 20.9 Å². The summed E-state index contributed by atoms with van der Waals surface area (Å²) in [5.41, 5.74) is 1.15. The summed E-state index contributed by atoms with van der Waals surface area (Å²) in [6, 6.07) is 20.5. The maximum Gasteiger partial charge on any atom is 0.264 e. The third-order valence-corrected chi connectivity index (χ3v) is 5.28. The van der Waals surface area contributed by atoms with Gasteiger partial charge in [-0.1, -0.05) is 41.9 Å². The van der Waals surface area contributed by atoms with E-state index in [2.05, 4.69) is 9.98 Å². The van der Waals surface area contributed by atoms with Crippen LogP contribution in [0, 0.1) is 10.6 Å². The lowest BCUT2D eigenvalue weighted by Gasteiger charge is -2.11. The third kappa shape index (κ3) is 5.19. The Hall–Kier alpha value is -3.75. The average Bonchev–Trinajstić information content (AvgIpc) is 2.81. The molecule has 0 unspecified atom stereocenters. The van der Waals surface area contributed by atoms with E-state index in [1.54, 1.807) is 24.3 Å². The molecule has 0 saturated carbocycles. The Morgan fingerprint density at radius 1 is 1.12 bits per heavy atom. The van der Waals surface area contributed by atoms with Crippen LogP contribution in [0.15, 0.2) is 82.6 Å². The van der Waals surface area contributed by atoms with Gasteiger partial charge in [0.05, 0.1) is 16.4 Å². The molecule has 0 fully saturated rings. The van der Waals surface area contributed by atoms with Gasteiger partial charge in [-0.25, -0.2) is 4.39 Å². The number of aliphatic imine (C=N–C) groups is 1. The molecular weight excluding hydrogens is 465 g/mol. The van der Waals surface area contributed by atoms with E-state index in [4.69, 9.17) is 28.6 Å². The lowest BCUT2D eigenvalue weighted by atomic mass is 10.2. The molecule has 2 N–H and O–H groups in total. The minimum absolute atomic E-state index is 0.0720. The SMILES string of the molecule is O=c1[nH]c(=S)n(-c2ccc(F)c(Cl)c2)c(O)c1C=Nc1ccc(OCc2ccccc2)cc1. The number of H-pyrrole nitrogens is 1. The van der Waals surface area contributed by atoms with E-state index in [9.17, 15) is 14.3 Å². The summed E-state index contributed by atoms with van der Waals surface area (Å²) in [5.74, 6) is -0.396. The predicted molar refractivity (Wildman–Crippen MR) is 128 cm³/mol. The predicted octanol–water partition coefficient (Wildman–Crippen LogP) is 5.72. The van der Waals surface area contributed by atoms with Gasteiger partial charge < -0.3 is 9.84 Å². The maximum absolute atomic E-state index is 13.5. The first-order chi connectivity index (χ1) is 15.9. The van der Waals surface area contributed by atoms with Crippen LogP contribution in [0.3, 0.4) is 0 Å². The summed E-state index contributed by atoms with van der Waals surface area (Å²) in [5, 5.41) is 10.5. The second kappa shape index (κ2) is 9.81. The van der Waals surface area contributed by atoms with Crippen molar-refractivity contribution < 1.29 is 14.2 Å². The fraction of sp³-hybridized carbons (Fsp3) is 0.0417. The molecule has 9 heteroatoms.